The smallest absolute Gasteiger partial charge is 0.243 e. The van der Waals surface area contributed by atoms with E-state index >= 15 is 0 Å². The second kappa shape index (κ2) is 3.19. The summed E-state index contributed by atoms with van der Waals surface area (Å²) in [6.07, 6.45) is 1.46. The van der Waals surface area contributed by atoms with Crippen LogP contribution in [0.15, 0.2) is 11.4 Å². The summed E-state index contributed by atoms with van der Waals surface area (Å²) in [6, 6.07) is 0. The van der Waals surface area contributed by atoms with E-state index < -0.39 is 0 Å². The number of imidazole rings is 1. The van der Waals surface area contributed by atoms with Gasteiger partial charge in [-0.25, -0.2) is 9.97 Å². The molecule has 0 fully saturated rings. The fourth-order valence-corrected chi connectivity index (χ4v) is 1.03. The van der Waals surface area contributed by atoms with E-state index in [1.165, 1.54) is 13.4 Å². The van der Waals surface area contributed by atoms with Crippen molar-refractivity contribution in [2.75, 3.05) is 7.11 Å². The lowest BCUT2D eigenvalue weighted by molar-refractivity contribution is 0.402. The maximum absolute atomic E-state index is 8.22. The zero-order valence-corrected chi connectivity index (χ0v) is 7.17. The maximum Gasteiger partial charge on any atom is 0.243 e. The van der Waals surface area contributed by atoms with E-state index in [-0.39, 0.29) is 5.95 Å². The van der Waals surface area contributed by atoms with Crippen molar-refractivity contribution in [2.45, 2.75) is 0 Å². The van der Waals surface area contributed by atoms with Crippen molar-refractivity contribution in [2.24, 2.45) is 5.11 Å². The lowest BCUT2D eigenvalue weighted by Gasteiger charge is -1.99. The number of H-pyrrole nitrogens is 1. The highest BCUT2D eigenvalue weighted by atomic mass is 16.5. The fraction of sp³-hybridized carbons (Fsp3) is 0.167. The molecule has 0 aliphatic carbocycles. The molecule has 8 heteroatoms. The number of fused-ring (bicyclic) bond motifs is 1. The first-order chi connectivity index (χ1) is 6.85. The van der Waals surface area contributed by atoms with Gasteiger partial charge in [0.1, 0.15) is 5.52 Å². The van der Waals surface area contributed by atoms with Gasteiger partial charge in [0.2, 0.25) is 11.8 Å². The van der Waals surface area contributed by atoms with Crippen molar-refractivity contribution in [3.05, 3.63) is 16.8 Å². The van der Waals surface area contributed by atoms with Gasteiger partial charge in [0.15, 0.2) is 5.65 Å². The maximum atomic E-state index is 8.22. The van der Waals surface area contributed by atoms with Gasteiger partial charge in [0.25, 0.3) is 0 Å². The molecule has 2 rings (SSSR count). The zero-order chi connectivity index (χ0) is 9.97. The molecule has 0 saturated heterocycles. The van der Waals surface area contributed by atoms with Crippen LogP contribution in [-0.2, 0) is 0 Å². The molecule has 0 unspecified atom stereocenters. The van der Waals surface area contributed by atoms with E-state index in [9.17, 15) is 0 Å². The van der Waals surface area contributed by atoms with E-state index in [0.29, 0.717) is 17.0 Å². The Balaban J connectivity index is 2.72. The first-order valence-electron chi connectivity index (χ1n) is 3.65. The summed E-state index contributed by atoms with van der Waals surface area (Å²) < 4.78 is 4.97. The lowest BCUT2D eigenvalue weighted by Crippen LogP contribution is -1.91. The summed E-state index contributed by atoms with van der Waals surface area (Å²) in [5.41, 5.74) is 9.19. The van der Waals surface area contributed by atoms with Crippen molar-refractivity contribution in [1.29, 1.82) is 0 Å². The van der Waals surface area contributed by atoms with Gasteiger partial charge in [-0.05, 0) is 10.6 Å². The predicted octanol–water partition coefficient (Wildman–Crippen LogP) is 1.30. The number of ether oxygens (including phenoxy) is 1. The highest BCUT2D eigenvalue weighted by molar-refractivity contribution is 5.76. The summed E-state index contributed by atoms with van der Waals surface area (Å²) in [4.78, 5) is 17.0. The van der Waals surface area contributed by atoms with E-state index in [4.69, 9.17) is 10.3 Å². The summed E-state index contributed by atoms with van der Waals surface area (Å²) in [7, 11) is 1.46. The number of nitrogens with one attached hydrogen (secondary N) is 1. The Kier molecular flexibility index (Phi) is 1.88. The Morgan fingerprint density at radius 1 is 1.57 bits per heavy atom. The Morgan fingerprint density at radius 3 is 3.14 bits per heavy atom. The van der Waals surface area contributed by atoms with Gasteiger partial charge >= 0.3 is 0 Å². The van der Waals surface area contributed by atoms with Gasteiger partial charge in [-0.3, -0.25) is 0 Å². The van der Waals surface area contributed by atoms with E-state index in [2.05, 4.69) is 30.0 Å². The monoisotopic (exact) mass is 191 g/mol. The van der Waals surface area contributed by atoms with Crippen LogP contribution in [0.3, 0.4) is 0 Å². The number of methoxy groups -OCH3 is 1. The Bertz CT molecular complexity index is 512. The third-order valence-corrected chi connectivity index (χ3v) is 1.57. The number of azide groups is 1. The van der Waals surface area contributed by atoms with Crippen LogP contribution in [0.4, 0.5) is 5.95 Å². The van der Waals surface area contributed by atoms with Gasteiger partial charge in [-0.15, -0.1) is 0 Å². The quantitative estimate of drug-likeness (QED) is 0.437. The normalized spacial score (nSPS) is 9.79. The van der Waals surface area contributed by atoms with Crippen LogP contribution in [0.1, 0.15) is 0 Å². The van der Waals surface area contributed by atoms with E-state index in [1.807, 2.05) is 0 Å². The Morgan fingerprint density at radius 2 is 2.43 bits per heavy atom. The third-order valence-electron chi connectivity index (χ3n) is 1.57. The van der Waals surface area contributed by atoms with Gasteiger partial charge in [-0.2, -0.15) is 4.98 Å². The molecule has 2 aromatic heterocycles. The molecule has 0 bridgehead atoms. The molecule has 8 nitrogen and oxygen atoms in total. The Labute approximate surface area is 77.6 Å². The summed E-state index contributed by atoms with van der Waals surface area (Å²) in [5.74, 6) is 0.291. The molecule has 0 atom stereocenters. The predicted molar refractivity (Wildman–Crippen MR) is 47.0 cm³/mol. The fourth-order valence-electron chi connectivity index (χ4n) is 1.03. The first-order valence-corrected chi connectivity index (χ1v) is 3.65. The highest BCUT2D eigenvalue weighted by Crippen LogP contribution is 2.21. The van der Waals surface area contributed by atoms with Crippen molar-refractivity contribution < 1.29 is 4.74 Å². The standard InChI is InChI=1S/C6H5N7O/c1-14-5-3-4(9-2-8-3)10-6(11-5)12-13-7/h2H,1H3,(H,8,9,10,11). The number of nitrogens with zero attached hydrogens (tertiary/aromatic N) is 6. The average molecular weight is 191 g/mol. The largest absolute Gasteiger partial charge is 0.479 e. The second-order valence-electron chi connectivity index (χ2n) is 2.32. The van der Waals surface area contributed by atoms with Crippen LogP contribution >= 0.6 is 0 Å². The summed E-state index contributed by atoms with van der Waals surface area (Å²) in [6.45, 7) is 0. The van der Waals surface area contributed by atoms with Gasteiger partial charge in [0, 0.05) is 4.91 Å². The number of aromatic amines is 1. The van der Waals surface area contributed by atoms with Crippen molar-refractivity contribution in [3.8, 4) is 5.88 Å². The molecule has 0 amide bonds. The van der Waals surface area contributed by atoms with Gasteiger partial charge in [0.05, 0.1) is 13.4 Å². The minimum atomic E-state index is -0.0102. The van der Waals surface area contributed by atoms with Crippen LogP contribution < -0.4 is 4.74 Å². The van der Waals surface area contributed by atoms with Crippen molar-refractivity contribution >= 4 is 17.1 Å². The molecule has 0 saturated carbocycles. The van der Waals surface area contributed by atoms with E-state index in [1.54, 1.807) is 0 Å². The summed E-state index contributed by atoms with van der Waals surface area (Å²) >= 11 is 0. The molecular weight excluding hydrogens is 186 g/mol. The number of rotatable bonds is 2. The first kappa shape index (κ1) is 8.27. The van der Waals surface area contributed by atoms with Crippen LogP contribution in [0.5, 0.6) is 5.88 Å². The lowest BCUT2D eigenvalue weighted by atomic mass is 10.5. The van der Waals surface area contributed by atoms with Gasteiger partial charge < -0.3 is 9.72 Å². The minimum absolute atomic E-state index is 0.0102. The Hall–Kier alpha value is -2.34. The molecule has 1 N–H and O–H groups in total. The summed E-state index contributed by atoms with van der Waals surface area (Å²) in [5, 5.41) is 3.27. The van der Waals surface area contributed by atoms with Crippen LogP contribution in [0.2, 0.25) is 0 Å². The molecular formula is C6H5N7O. The average Bonchev–Trinajstić information content (AvgIpc) is 2.65. The molecule has 2 heterocycles. The molecule has 70 valence electrons. The highest BCUT2D eigenvalue weighted by Gasteiger charge is 2.08. The minimum Gasteiger partial charge on any atom is -0.479 e. The third kappa shape index (κ3) is 1.19. The van der Waals surface area contributed by atoms with Crippen molar-refractivity contribution in [1.82, 2.24) is 19.9 Å². The molecule has 0 aliphatic rings. The molecule has 0 spiro atoms. The molecule has 0 aliphatic heterocycles. The van der Waals surface area contributed by atoms with Crippen molar-refractivity contribution in [3.63, 3.8) is 0 Å². The van der Waals surface area contributed by atoms with E-state index in [0.717, 1.165) is 0 Å². The van der Waals surface area contributed by atoms with Gasteiger partial charge in [-0.1, -0.05) is 0 Å². The molecule has 0 radical (unpaired) electrons. The topological polar surface area (TPSA) is 112 Å². The SMILES string of the molecule is COc1nc(N=[N+]=[N-])nc2nc[nH]c12. The van der Waals surface area contributed by atoms with Crippen LogP contribution in [0.25, 0.3) is 21.6 Å². The molecule has 14 heavy (non-hydrogen) atoms. The number of hydrogen-bond acceptors (Lipinski definition) is 5. The number of hydrogen-bond donors (Lipinski definition) is 1. The molecule has 2 aromatic rings. The van der Waals surface area contributed by atoms with Crippen LogP contribution in [-0.4, -0.2) is 27.0 Å². The zero-order valence-electron chi connectivity index (χ0n) is 7.17. The van der Waals surface area contributed by atoms with Crippen LogP contribution in [0, 0.1) is 0 Å². The number of aromatic nitrogens is 4. The molecule has 0 aromatic carbocycles. The second-order valence-corrected chi connectivity index (χ2v) is 2.32.